The molecule has 4 heteroatoms. The normalized spacial score (nSPS) is 22.5. The van der Waals surface area contributed by atoms with Crippen LogP contribution in [0.25, 0.3) is 0 Å². The van der Waals surface area contributed by atoms with Gasteiger partial charge in [0.1, 0.15) is 0 Å². The molecule has 1 aliphatic carbocycles. The van der Waals surface area contributed by atoms with Crippen molar-refractivity contribution in [1.29, 1.82) is 0 Å². The van der Waals surface area contributed by atoms with Crippen molar-refractivity contribution in [1.82, 2.24) is 0 Å². The highest BCUT2D eigenvalue weighted by atomic mass is 35.5. The van der Waals surface area contributed by atoms with Crippen LogP contribution >= 0.6 is 11.6 Å². The highest BCUT2D eigenvalue weighted by molar-refractivity contribution is 6.31. The first-order chi connectivity index (χ1) is 9.56. The van der Waals surface area contributed by atoms with Crippen molar-refractivity contribution in [2.75, 3.05) is 11.9 Å². The van der Waals surface area contributed by atoms with Crippen LogP contribution in [0, 0.1) is 11.8 Å². The summed E-state index contributed by atoms with van der Waals surface area (Å²) in [7, 11) is 0. The molecule has 2 rings (SSSR count). The molecule has 20 heavy (non-hydrogen) atoms. The van der Waals surface area contributed by atoms with E-state index in [9.17, 15) is 9.90 Å². The maximum atomic E-state index is 11.2. The van der Waals surface area contributed by atoms with Crippen molar-refractivity contribution in [3.05, 3.63) is 28.8 Å². The fraction of sp³-hybridized carbons (Fsp3) is 0.562. The fourth-order valence-corrected chi connectivity index (χ4v) is 3.25. The number of benzene rings is 1. The zero-order valence-electron chi connectivity index (χ0n) is 11.9. The minimum atomic E-state index is -0.943. The first kappa shape index (κ1) is 15.2. The van der Waals surface area contributed by atoms with E-state index in [1.54, 1.807) is 12.1 Å². The highest BCUT2D eigenvalue weighted by Crippen LogP contribution is 2.30. The Morgan fingerprint density at radius 2 is 2.25 bits per heavy atom. The number of aromatic carboxylic acids is 1. The average Bonchev–Trinajstić information content (AvgIpc) is 2.40. The van der Waals surface area contributed by atoms with Gasteiger partial charge < -0.3 is 10.4 Å². The summed E-state index contributed by atoms with van der Waals surface area (Å²) in [5, 5.41) is 12.9. The molecule has 0 bridgehead atoms. The minimum Gasteiger partial charge on any atom is -0.478 e. The molecule has 110 valence electrons. The lowest BCUT2D eigenvalue weighted by Crippen LogP contribution is -2.17. The third kappa shape index (κ3) is 4.14. The molecule has 0 radical (unpaired) electrons. The van der Waals surface area contributed by atoms with Crippen molar-refractivity contribution in [2.24, 2.45) is 11.8 Å². The van der Waals surface area contributed by atoms with Gasteiger partial charge in [0, 0.05) is 17.3 Å². The molecule has 3 nitrogen and oxygen atoms in total. The molecule has 0 aromatic heterocycles. The second kappa shape index (κ2) is 6.98. The van der Waals surface area contributed by atoms with Gasteiger partial charge in [0.25, 0.3) is 0 Å². The number of carboxylic acid groups (broad SMARTS) is 1. The maximum absolute atomic E-state index is 11.2. The van der Waals surface area contributed by atoms with Crippen LogP contribution in [0.4, 0.5) is 5.69 Å². The van der Waals surface area contributed by atoms with Gasteiger partial charge in [-0.25, -0.2) is 4.79 Å². The van der Waals surface area contributed by atoms with Gasteiger partial charge in [0.05, 0.1) is 5.56 Å². The van der Waals surface area contributed by atoms with Crippen LogP contribution in [-0.4, -0.2) is 17.6 Å². The highest BCUT2D eigenvalue weighted by Gasteiger charge is 2.18. The number of hydrogen-bond donors (Lipinski definition) is 2. The summed E-state index contributed by atoms with van der Waals surface area (Å²) in [6, 6.07) is 4.96. The van der Waals surface area contributed by atoms with Crippen LogP contribution in [0.1, 0.15) is 49.4 Å². The predicted molar refractivity (Wildman–Crippen MR) is 82.6 cm³/mol. The molecule has 0 spiro atoms. The van der Waals surface area contributed by atoms with Crippen molar-refractivity contribution in [2.45, 2.75) is 39.0 Å². The summed E-state index contributed by atoms with van der Waals surface area (Å²) in [4.78, 5) is 11.2. The van der Waals surface area contributed by atoms with Crippen molar-refractivity contribution >= 4 is 23.3 Å². The molecule has 0 saturated heterocycles. The van der Waals surface area contributed by atoms with Crippen LogP contribution in [0.5, 0.6) is 0 Å². The zero-order valence-corrected chi connectivity index (χ0v) is 12.6. The minimum absolute atomic E-state index is 0.245. The van der Waals surface area contributed by atoms with E-state index < -0.39 is 5.97 Å². The molecule has 1 saturated carbocycles. The third-order valence-electron chi connectivity index (χ3n) is 4.13. The first-order valence-electron chi connectivity index (χ1n) is 7.33. The fourth-order valence-electron chi connectivity index (χ4n) is 3.08. The zero-order chi connectivity index (χ0) is 14.5. The van der Waals surface area contributed by atoms with Gasteiger partial charge in [0.15, 0.2) is 0 Å². The van der Waals surface area contributed by atoms with E-state index in [2.05, 4.69) is 12.2 Å². The standard InChI is InChI=1S/C16H22ClNO2/c1-11-3-2-4-12(9-11)7-8-18-15-6-5-13(17)10-14(15)16(19)20/h5-6,10-12,18H,2-4,7-9H2,1H3,(H,19,20). The SMILES string of the molecule is CC1CCCC(CCNc2ccc(Cl)cc2C(=O)O)C1. The summed E-state index contributed by atoms with van der Waals surface area (Å²) in [5.41, 5.74) is 0.903. The Labute approximate surface area is 125 Å². The molecule has 1 aliphatic rings. The summed E-state index contributed by atoms with van der Waals surface area (Å²) < 4.78 is 0. The lowest BCUT2D eigenvalue weighted by molar-refractivity contribution is 0.0698. The molecule has 0 aliphatic heterocycles. The van der Waals surface area contributed by atoms with E-state index in [1.807, 2.05) is 0 Å². The van der Waals surface area contributed by atoms with E-state index in [-0.39, 0.29) is 5.56 Å². The van der Waals surface area contributed by atoms with Gasteiger partial charge in [0.2, 0.25) is 0 Å². The lowest BCUT2D eigenvalue weighted by atomic mass is 9.81. The largest absolute Gasteiger partial charge is 0.478 e. The average molecular weight is 296 g/mol. The van der Waals surface area contributed by atoms with Crippen molar-refractivity contribution in [3.63, 3.8) is 0 Å². The summed E-state index contributed by atoms with van der Waals surface area (Å²) in [6.07, 6.45) is 6.38. The summed E-state index contributed by atoms with van der Waals surface area (Å²) >= 11 is 5.84. The quantitative estimate of drug-likeness (QED) is 0.830. The summed E-state index contributed by atoms with van der Waals surface area (Å²) in [6.45, 7) is 3.14. The molecule has 0 heterocycles. The predicted octanol–water partition coefficient (Wildman–Crippen LogP) is 4.67. The molecule has 2 unspecified atom stereocenters. The smallest absolute Gasteiger partial charge is 0.337 e. The second-order valence-electron chi connectivity index (χ2n) is 5.85. The van der Waals surface area contributed by atoms with Crippen LogP contribution < -0.4 is 5.32 Å². The number of anilines is 1. The van der Waals surface area contributed by atoms with Crippen LogP contribution in [0.15, 0.2) is 18.2 Å². The van der Waals surface area contributed by atoms with E-state index in [1.165, 1.54) is 31.7 Å². The Morgan fingerprint density at radius 3 is 2.95 bits per heavy atom. The van der Waals surface area contributed by atoms with Gasteiger partial charge in [-0.05, 0) is 42.9 Å². The van der Waals surface area contributed by atoms with Crippen LogP contribution in [0.2, 0.25) is 5.02 Å². The number of nitrogens with one attached hydrogen (secondary N) is 1. The van der Waals surface area contributed by atoms with Gasteiger partial charge in [-0.3, -0.25) is 0 Å². The van der Waals surface area contributed by atoms with Gasteiger partial charge in [-0.2, -0.15) is 0 Å². The number of hydrogen-bond acceptors (Lipinski definition) is 2. The number of carbonyl (C=O) groups is 1. The molecule has 1 fully saturated rings. The number of rotatable bonds is 5. The molecular weight excluding hydrogens is 274 g/mol. The van der Waals surface area contributed by atoms with Crippen molar-refractivity contribution < 1.29 is 9.90 Å². The maximum Gasteiger partial charge on any atom is 0.337 e. The van der Waals surface area contributed by atoms with Gasteiger partial charge in [-0.15, -0.1) is 0 Å². The Kier molecular flexibility index (Phi) is 5.30. The lowest BCUT2D eigenvalue weighted by Gasteiger charge is -2.26. The van der Waals surface area contributed by atoms with E-state index in [0.29, 0.717) is 10.7 Å². The van der Waals surface area contributed by atoms with Gasteiger partial charge >= 0.3 is 5.97 Å². The van der Waals surface area contributed by atoms with E-state index in [4.69, 9.17) is 11.6 Å². The molecule has 1 aromatic carbocycles. The Morgan fingerprint density at radius 1 is 1.45 bits per heavy atom. The second-order valence-corrected chi connectivity index (χ2v) is 6.28. The topological polar surface area (TPSA) is 49.3 Å². The molecular formula is C16H22ClNO2. The molecule has 1 aromatic rings. The molecule has 2 atom stereocenters. The Bertz CT molecular complexity index is 476. The van der Waals surface area contributed by atoms with E-state index >= 15 is 0 Å². The van der Waals surface area contributed by atoms with Gasteiger partial charge in [-0.1, -0.05) is 37.8 Å². The third-order valence-corrected chi connectivity index (χ3v) is 4.36. The number of halogens is 1. The number of carboxylic acids is 1. The Balaban J connectivity index is 1.89. The van der Waals surface area contributed by atoms with Crippen LogP contribution in [0.3, 0.4) is 0 Å². The van der Waals surface area contributed by atoms with Crippen LogP contribution in [-0.2, 0) is 0 Å². The first-order valence-corrected chi connectivity index (χ1v) is 7.70. The van der Waals surface area contributed by atoms with E-state index in [0.717, 1.165) is 24.8 Å². The molecule has 2 N–H and O–H groups in total. The molecule has 0 amide bonds. The Hall–Kier alpha value is -1.22. The summed E-state index contributed by atoms with van der Waals surface area (Å²) in [5.74, 6) is 0.659. The monoisotopic (exact) mass is 295 g/mol. The van der Waals surface area contributed by atoms with Crippen molar-refractivity contribution in [3.8, 4) is 0 Å².